The van der Waals surface area contributed by atoms with Crippen molar-refractivity contribution >= 4 is 33.2 Å². The predicted octanol–water partition coefficient (Wildman–Crippen LogP) is 5.43. The average Bonchev–Trinajstić information content (AvgIpc) is 2.80. The van der Waals surface area contributed by atoms with E-state index in [-0.39, 0.29) is 33.1 Å². The summed E-state index contributed by atoms with van der Waals surface area (Å²) >= 11 is 6.32. The molecule has 0 aliphatic carbocycles. The molecule has 0 bridgehead atoms. The Kier molecular flexibility index (Phi) is 8.41. The Morgan fingerprint density at radius 3 is 2.26 bits per heavy atom. The van der Waals surface area contributed by atoms with Crippen LogP contribution in [0.15, 0.2) is 71.6 Å². The van der Waals surface area contributed by atoms with Gasteiger partial charge in [-0.3, -0.25) is 9.52 Å². The summed E-state index contributed by atoms with van der Waals surface area (Å²) in [6.07, 6.45) is 0. The van der Waals surface area contributed by atoms with Crippen LogP contribution in [0.3, 0.4) is 0 Å². The average molecular weight is 503 g/mol. The Morgan fingerprint density at radius 2 is 1.62 bits per heavy atom. The number of hydrogen-bond acceptors (Lipinski definition) is 5. The molecule has 0 unspecified atom stereocenters. The minimum absolute atomic E-state index is 0.125. The van der Waals surface area contributed by atoms with Crippen LogP contribution in [0.4, 0.5) is 5.69 Å². The maximum Gasteiger partial charge on any atom is 0.261 e. The zero-order valence-corrected chi connectivity index (χ0v) is 20.7. The minimum Gasteiger partial charge on any atom is -0.490 e. The SMILES string of the molecule is CCOc1ccc([C@H](C)NC(=O)c2ccc(NS(=O)(=O)c3ccccc3)cc2Cl)cc1OCC. The van der Waals surface area contributed by atoms with E-state index in [1.54, 1.807) is 18.2 Å². The highest BCUT2D eigenvalue weighted by molar-refractivity contribution is 7.92. The van der Waals surface area contributed by atoms with Crippen molar-refractivity contribution in [1.82, 2.24) is 5.32 Å². The first-order chi connectivity index (χ1) is 16.2. The molecule has 0 saturated carbocycles. The summed E-state index contributed by atoms with van der Waals surface area (Å²) in [7, 11) is -3.77. The van der Waals surface area contributed by atoms with E-state index in [0.29, 0.717) is 24.7 Å². The van der Waals surface area contributed by atoms with Gasteiger partial charge in [0.05, 0.1) is 40.4 Å². The van der Waals surface area contributed by atoms with Crippen molar-refractivity contribution in [2.75, 3.05) is 17.9 Å². The van der Waals surface area contributed by atoms with Crippen LogP contribution in [-0.4, -0.2) is 27.5 Å². The molecule has 2 N–H and O–H groups in total. The Labute approximate surface area is 205 Å². The first kappa shape index (κ1) is 25.4. The molecule has 9 heteroatoms. The Balaban J connectivity index is 1.73. The largest absolute Gasteiger partial charge is 0.490 e. The molecular weight excluding hydrogens is 476 g/mol. The summed E-state index contributed by atoms with van der Waals surface area (Å²) in [4.78, 5) is 13.0. The zero-order chi connectivity index (χ0) is 24.7. The van der Waals surface area contributed by atoms with Crippen LogP contribution in [-0.2, 0) is 10.0 Å². The number of hydrogen-bond donors (Lipinski definition) is 2. The topological polar surface area (TPSA) is 93.7 Å². The Bertz CT molecular complexity index is 1250. The molecule has 0 radical (unpaired) electrons. The lowest BCUT2D eigenvalue weighted by atomic mass is 10.1. The summed E-state index contributed by atoms with van der Waals surface area (Å²) in [6.45, 7) is 6.63. The standard InChI is InChI=1S/C25H27ClN2O5S/c1-4-32-23-14-11-18(15-24(23)33-5-2)17(3)27-25(29)21-13-12-19(16-22(21)26)28-34(30,31)20-9-7-6-8-10-20/h6-17,28H,4-5H2,1-3H3,(H,27,29)/t17-/m0/s1. The van der Waals surface area contributed by atoms with E-state index in [4.69, 9.17) is 21.1 Å². The molecular formula is C25H27ClN2O5S. The smallest absolute Gasteiger partial charge is 0.261 e. The normalized spacial score (nSPS) is 12.0. The van der Waals surface area contributed by atoms with Gasteiger partial charge in [0, 0.05) is 0 Å². The van der Waals surface area contributed by atoms with Crippen molar-refractivity contribution in [3.8, 4) is 11.5 Å². The summed E-state index contributed by atoms with van der Waals surface area (Å²) in [6, 6.07) is 17.5. The molecule has 0 aromatic heterocycles. The minimum atomic E-state index is -3.77. The molecule has 0 saturated heterocycles. The van der Waals surface area contributed by atoms with E-state index in [1.165, 1.54) is 30.3 Å². The summed E-state index contributed by atoms with van der Waals surface area (Å²) < 4.78 is 38.8. The van der Waals surface area contributed by atoms with Gasteiger partial charge in [-0.2, -0.15) is 0 Å². The fraction of sp³-hybridized carbons (Fsp3) is 0.240. The fourth-order valence-corrected chi connectivity index (χ4v) is 4.61. The van der Waals surface area contributed by atoms with Gasteiger partial charge in [0.1, 0.15) is 0 Å². The van der Waals surface area contributed by atoms with E-state index in [2.05, 4.69) is 10.0 Å². The number of carbonyl (C=O) groups excluding carboxylic acids is 1. The van der Waals surface area contributed by atoms with Gasteiger partial charge in [-0.05, 0) is 68.8 Å². The predicted molar refractivity (Wildman–Crippen MR) is 133 cm³/mol. The van der Waals surface area contributed by atoms with Crippen LogP contribution in [0, 0.1) is 0 Å². The van der Waals surface area contributed by atoms with Gasteiger partial charge in [0.2, 0.25) is 0 Å². The van der Waals surface area contributed by atoms with Crippen LogP contribution < -0.4 is 19.5 Å². The zero-order valence-electron chi connectivity index (χ0n) is 19.2. The van der Waals surface area contributed by atoms with Crippen molar-refractivity contribution in [1.29, 1.82) is 0 Å². The van der Waals surface area contributed by atoms with E-state index < -0.39 is 10.0 Å². The maximum absolute atomic E-state index is 12.9. The first-order valence-electron chi connectivity index (χ1n) is 10.8. The molecule has 180 valence electrons. The van der Waals surface area contributed by atoms with E-state index in [1.807, 2.05) is 39.0 Å². The molecule has 1 amide bonds. The second kappa shape index (κ2) is 11.3. The molecule has 0 spiro atoms. The molecule has 0 aliphatic rings. The third kappa shape index (κ3) is 6.21. The van der Waals surface area contributed by atoms with Crippen molar-refractivity contribution in [3.63, 3.8) is 0 Å². The second-order valence-electron chi connectivity index (χ2n) is 7.38. The second-order valence-corrected chi connectivity index (χ2v) is 9.47. The highest BCUT2D eigenvalue weighted by Gasteiger charge is 2.18. The fourth-order valence-electron chi connectivity index (χ4n) is 3.27. The lowest BCUT2D eigenvalue weighted by Gasteiger charge is -2.18. The molecule has 1 atom stereocenters. The molecule has 3 rings (SSSR count). The number of benzene rings is 3. The van der Waals surface area contributed by atoms with Crippen LogP contribution in [0.5, 0.6) is 11.5 Å². The first-order valence-corrected chi connectivity index (χ1v) is 12.7. The van der Waals surface area contributed by atoms with Crippen molar-refractivity contribution < 1.29 is 22.7 Å². The summed E-state index contributed by atoms with van der Waals surface area (Å²) in [5.74, 6) is 0.862. The van der Waals surface area contributed by atoms with E-state index in [0.717, 1.165) is 5.56 Å². The van der Waals surface area contributed by atoms with Gasteiger partial charge < -0.3 is 14.8 Å². The number of sulfonamides is 1. The Morgan fingerprint density at radius 1 is 0.941 bits per heavy atom. The summed E-state index contributed by atoms with van der Waals surface area (Å²) in [5, 5.41) is 3.03. The lowest BCUT2D eigenvalue weighted by Crippen LogP contribution is -2.27. The third-order valence-corrected chi connectivity index (χ3v) is 6.64. The number of carbonyl (C=O) groups is 1. The van der Waals surface area contributed by atoms with Gasteiger partial charge in [-0.15, -0.1) is 0 Å². The van der Waals surface area contributed by atoms with Gasteiger partial charge in [0.25, 0.3) is 15.9 Å². The number of ether oxygens (including phenoxy) is 2. The summed E-state index contributed by atoms with van der Waals surface area (Å²) in [5.41, 5.74) is 1.32. The Hall–Kier alpha value is -3.23. The van der Waals surface area contributed by atoms with Gasteiger partial charge >= 0.3 is 0 Å². The molecule has 0 heterocycles. The van der Waals surface area contributed by atoms with Crippen molar-refractivity contribution in [3.05, 3.63) is 82.9 Å². The van der Waals surface area contributed by atoms with Gasteiger partial charge in [0.15, 0.2) is 11.5 Å². The molecule has 34 heavy (non-hydrogen) atoms. The van der Waals surface area contributed by atoms with Crippen molar-refractivity contribution in [2.24, 2.45) is 0 Å². The lowest BCUT2D eigenvalue weighted by molar-refractivity contribution is 0.0940. The number of nitrogens with one attached hydrogen (secondary N) is 2. The monoisotopic (exact) mass is 502 g/mol. The number of amides is 1. The van der Waals surface area contributed by atoms with Crippen LogP contribution in [0.1, 0.15) is 42.7 Å². The molecule has 0 aliphatic heterocycles. The molecule has 3 aromatic carbocycles. The van der Waals surface area contributed by atoms with Gasteiger partial charge in [-0.1, -0.05) is 35.9 Å². The number of rotatable bonds is 10. The van der Waals surface area contributed by atoms with Crippen LogP contribution in [0.2, 0.25) is 5.02 Å². The highest BCUT2D eigenvalue weighted by Crippen LogP contribution is 2.31. The molecule has 3 aromatic rings. The highest BCUT2D eigenvalue weighted by atomic mass is 35.5. The quantitative estimate of drug-likeness (QED) is 0.385. The third-order valence-electron chi connectivity index (χ3n) is 4.93. The van der Waals surface area contributed by atoms with E-state index >= 15 is 0 Å². The maximum atomic E-state index is 12.9. The van der Waals surface area contributed by atoms with Crippen molar-refractivity contribution in [2.45, 2.75) is 31.7 Å². The molecule has 0 fully saturated rings. The van der Waals surface area contributed by atoms with Gasteiger partial charge in [-0.25, -0.2) is 8.42 Å². The number of halogens is 1. The van der Waals surface area contributed by atoms with Crippen LogP contribution >= 0.6 is 11.6 Å². The number of anilines is 1. The van der Waals surface area contributed by atoms with E-state index in [9.17, 15) is 13.2 Å². The molecule has 7 nitrogen and oxygen atoms in total. The van der Waals surface area contributed by atoms with Crippen LogP contribution in [0.25, 0.3) is 0 Å².